The normalized spacial score (nSPS) is 13.2. The van der Waals surface area contributed by atoms with E-state index in [4.69, 9.17) is 19.0 Å². The third kappa shape index (κ3) is 9.66. The minimum absolute atomic E-state index is 0.333. The third-order valence-corrected chi connectivity index (χ3v) is 3.35. The van der Waals surface area contributed by atoms with Crippen LogP contribution in [0.2, 0.25) is 0 Å². The van der Waals surface area contributed by atoms with E-state index in [0.29, 0.717) is 19.2 Å². The number of nitrogens with one attached hydrogen (secondary N) is 2. The lowest BCUT2D eigenvalue weighted by Gasteiger charge is -2.18. The molecule has 0 rings (SSSR count). The van der Waals surface area contributed by atoms with Crippen molar-refractivity contribution in [3.8, 4) is 0 Å². The summed E-state index contributed by atoms with van der Waals surface area (Å²) >= 11 is 0. The highest BCUT2D eigenvalue weighted by atomic mass is 28.3. The smallest absolute Gasteiger partial charge is 0.375 e. The summed E-state index contributed by atoms with van der Waals surface area (Å²) in [5, 5.41) is 6.64. The van der Waals surface area contributed by atoms with Gasteiger partial charge in [0.25, 0.3) is 0 Å². The quantitative estimate of drug-likeness (QED) is 0.316. The Hall–Kier alpha value is -0.0231. The average molecular weight is 264 g/mol. The monoisotopic (exact) mass is 264 g/mol. The maximum absolute atomic E-state index is 5.53. The SMILES string of the molecule is CCC(CO[Si](OC)OC)NCCNCCN. The van der Waals surface area contributed by atoms with Gasteiger partial charge in [-0.25, -0.2) is 0 Å². The van der Waals surface area contributed by atoms with Crippen LogP contribution in [-0.2, 0) is 13.3 Å². The molecule has 0 spiro atoms. The number of hydrogen-bond acceptors (Lipinski definition) is 6. The zero-order valence-electron chi connectivity index (χ0n) is 11.1. The van der Waals surface area contributed by atoms with E-state index in [1.54, 1.807) is 14.2 Å². The third-order valence-electron chi connectivity index (χ3n) is 2.28. The second-order valence-corrected chi connectivity index (χ2v) is 5.17. The predicted octanol–water partition coefficient (Wildman–Crippen LogP) is -0.803. The first-order chi connectivity index (χ1) is 8.28. The molecular weight excluding hydrogens is 238 g/mol. The van der Waals surface area contributed by atoms with E-state index < -0.39 is 9.53 Å². The number of rotatable bonds is 12. The molecule has 0 amide bonds. The lowest BCUT2D eigenvalue weighted by Crippen LogP contribution is -2.40. The van der Waals surface area contributed by atoms with Gasteiger partial charge in [-0.15, -0.1) is 0 Å². The van der Waals surface area contributed by atoms with E-state index in [1.165, 1.54) is 0 Å². The molecule has 1 unspecified atom stereocenters. The molecule has 1 atom stereocenters. The van der Waals surface area contributed by atoms with Gasteiger partial charge in [-0.1, -0.05) is 6.92 Å². The van der Waals surface area contributed by atoms with Gasteiger partial charge >= 0.3 is 9.53 Å². The van der Waals surface area contributed by atoms with Gasteiger partial charge in [0.2, 0.25) is 0 Å². The highest BCUT2D eigenvalue weighted by Crippen LogP contribution is 1.95. The molecule has 0 aromatic rings. The Morgan fingerprint density at radius 1 is 1.18 bits per heavy atom. The van der Waals surface area contributed by atoms with Crippen LogP contribution in [0.4, 0.5) is 0 Å². The molecule has 1 radical (unpaired) electrons. The van der Waals surface area contributed by atoms with Gasteiger partial charge in [0.1, 0.15) is 0 Å². The van der Waals surface area contributed by atoms with Crippen molar-refractivity contribution in [3.05, 3.63) is 0 Å². The van der Waals surface area contributed by atoms with Crippen molar-refractivity contribution in [1.82, 2.24) is 10.6 Å². The fourth-order valence-corrected chi connectivity index (χ4v) is 2.02. The summed E-state index contributed by atoms with van der Waals surface area (Å²) in [6, 6.07) is 0.333. The first-order valence-corrected chi connectivity index (χ1v) is 7.22. The van der Waals surface area contributed by atoms with Gasteiger partial charge in [-0.3, -0.25) is 0 Å². The molecular formula is C10H26N3O3Si. The minimum atomic E-state index is -1.54. The first kappa shape index (κ1) is 17.0. The fraction of sp³-hybridized carbons (Fsp3) is 1.00. The van der Waals surface area contributed by atoms with Crippen LogP contribution >= 0.6 is 0 Å². The maximum Gasteiger partial charge on any atom is 0.577 e. The Bertz CT molecular complexity index is 162. The van der Waals surface area contributed by atoms with Gasteiger partial charge in [0.15, 0.2) is 0 Å². The van der Waals surface area contributed by atoms with Crippen LogP contribution in [0.15, 0.2) is 0 Å². The van der Waals surface area contributed by atoms with Gasteiger partial charge in [-0.2, -0.15) is 0 Å². The Kier molecular flexibility index (Phi) is 12.4. The summed E-state index contributed by atoms with van der Waals surface area (Å²) in [4.78, 5) is 0. The Morgan fingerprint density at radius 3 is 2.41 bits per heavy atom. The summed E-state index contributed by atoms with van der Waals surface area (Å²) in [7, 11) is 1.66. The topological polar surface area (TPSA) is 77.8 Å². The van der Waals surface area contributed by atoms with E-state index in [9.17, 15) is 0 Å². The van der Waals surface area contributed by atoms with Crippen LogP contribution in [-0.4, -0.2) is 62.6 Å². The Balaban J connectivity index is 3.54. The minimum Gasteiger partial charge on any atom is -0.375 e. The molecule has 4 N–H and O–H groups in total. The molecule has 0 saturated heterocycles. The van der Waals surface area contributed by atoms with Gasteiger partial charge < -0.3 is 29.6 Å². The lowest BCUT2D eigenvalue weighted by atomic mass is 10.2. The molecule has 6 nitrogen and oxygen atoms in total. The van der Waals surface area contributed by atoms with Crippen molar-refractivity contribution < 1.29 is 13.3 Å². The predicted molar refractivity (Wildman–Crippen MR) is 69.7 cm³/mol. The molecule has 7 heteroatoms. The van der Waals surface area contributed by atoms with Crippen LogP contribution in [0, 0.1) is 0 Å². The summed E-state index contributed by atoms with van der Waals surface area (Å²) < 4.78 is 15.6. The van der Waals surface area contributed by atoms with Crippen molar-refractivity contribution in [2.45, 2.75) is 19.4 Å². The zero-order chi connectivity index (χ0) is 12.9. The molecule has 0 fully saturated rings. The summed E-state index contributed by atoms with van der Waals surface area (Å²) in [5.74, 6) is 0. The zero-order valence-corrected chi connectivity index (χ0v) is 12.1. The van der Waals surface area contributed by atoms with Crippen LogP contribution in [0.1, 0.15) is 13.3 Å². The molecule has 103 valence electrons. The molecule has 0 aliphatic carbocycles. The second-order valence-electron chi connectivity index (χ2n) is 3.57. The summed E-state index contributed by atoms with van der Waals surface area (Å²) in [6.45, 7) is 6.09. The lowest BCUT2D eigenvalue weighted by molar-refractivity contribution is 0.122. The molecule has 0 aromatic heterocycles. The van der Waals surface area contributed by atoms with E-state index in [2.05, 4.69) is 17.6 Å². The number of nitrogens with two attached hydrogens (primary N) is 1. The van der Waals surface area contributed by atoms with Crippen molar-refractivity contribution in [2.75, 3.05) is 47.0 Å². The largest absolute Gasteiger partial charge is 0.577 e. The van der Waals surface area contributed by atoms with Crippen molar-refractivity contribution in [3.63, 3.8) is 0 Å². The van der Waals surface area contributed by atoms with Gasteiger partial charge in [-0.05, 0) is 6.42 Å². The van der Waals surface area contributed by atoms with E-state index in [-0.39, 0.29) is 0 Å². The van der Waals surface area contributed by atoms with Gasteiger partial charge in [0.05, 0.1) is 6.61 Å². The molecule has 0 aliphatic rings. The van der Waals surface area contributed by atoms with Crippen LogP contribution in [0.5, 0.6) is 0 Å². The number of hydrogen-bond donors (Lipinski definition) is 3. The average Bonchev–Trinajstić information content (AvgIpc) is 2.37. The van der Waals surface area contributed by atoms with Crippen LogP contribution < -0.4 is 16.4 Å². The molecule has 0 aromatic carbocycles. The summed E-state index contributed by atoms with van der Waals surface area (Å²) in [5.41, 5.74) is 5.38. The van der Waals surface area contributed by atoms with Crippen molar-refractivity contribution in [2.24, 2.45) is 5.73 Å². The highest BCUT2D eigenvalue weighted by molar-refractivity contribution is 6.36. The summed E-state index contributed by atoms with van der Waals surface area (Å²) in [6.07, 6.45) is 1.01. The standard InChI is InChI=1S/C10H26N3O3Si/c1-4-10(9-16-17(14-2)15-3)13-8-7-12-6-5-11/h10,12-13H,4-9,11H2,1-3H3. The van der Waals surface area contributed by atoms with E-state index >= 15 is 0 Å². The van der Waals surface area contributed by atoms with Gasteiger partial charge in [0, 0.05) is 46.4 Å². The Morgan fingerprint density at radius 2 is 1.88 bits per heavy atom. The highest BCUT2D eigenvalue weighted by Gasteiger charge is 2.17. The maximum atomic E-state index is 5.53. The molecule has 0 saturated carbocycles. The molecule has 0 heterocycles. The first-order valence-electron chi connectivity index (χ1n) is 6.00. The molecule has 17 heavy (non-hydrogen) atoms. The fourth-order valence-electron chi connectivity index (χ4n) is 1.28. The molecule has 0 bridgehead atoms. The van der Waals surface area contributed by atoms with Crippen LogP contribution in [0.25, 0.3) is 0 Å². The Labute approximate surface area is 106 Å². The van der Waals surface area contributed by atoms with Crippen LogP contribution in [0.3, 0.4) is 0 Å². The van der Waals surface area contributed by atoms with Crippen molar-refractivity contribution in [1.29, 1.82) is 0 Å². The van der Waals surface area contributed by atoms with E-state index in [1.807, 2.05) is 0 Å². The van der Waals surface area contributed by atoms with E-state index in [0.717, 1.165) is 26.1 Å². The molecule has 0 aliphatic heterocycles. The second kappa shape index (κ2) is 12.4. The van der Waals surface area contributed by atoms with Crippen molar-refractivity contribution >= 4 is 9.53 Å².